The number of nitrogens with zero attached hydrogens (tertiary/aromatic N) is 5. The number of nitrogens with two attached hydrogens (primary N) is 2. The van der Waals surface area contributed by atoms with Gasteiger partial charge in [0.05, 0.1) is 11.1 Å². The minimum absolute atomic E-state index is 0.0862. The predicted molar refractivity (Wildman–Crippen MR) is 118 cm³/mol. The molecule has 0 amide bonds. The van der Waals surface area contributed by atoms with Gasteiger partial charge in [0.15, 0.2) is 5.16 Å². The molecule has 8 nitrogen and oxygen atoms in total. The van der Waals surface area contributed by atoms with Crippen molar-refractivity contribution in [1.82, 2.24) is 24.5 Å². The van der Waals surface area contributed by atoms with E-state index in [-0.39, 0.29) is 17.5 Å². The summed E-state index contributed by atoms with van der Waals surface area (Å²) in [6, 6.07) is 0. The minimum atomic E-state index is 0.0862. The smallest absolute Gasteiger partial charge is 0.263 e. The highest BCUT2D eigenvalue weighted by Gasteiger charge is 2.23. The van der Waals surface area contributed by atoms with Crippen LogP contribution in [0.15, 0.2) is 9.95 Å². The number of nitrogen functional groups attached to an aromatic ring is 2. The maximum absolute atomic E-state index is 13.4. The molecule has 1 aliphatic carbocycles. The summed E-state index contributed by atoms with van der Waals surface area (Å²) in [7, 11) is 0. The average molecular weight is 432 g/mol. The number of hydrogen-bond acceptors (Lipinski definition) is 9. The molecule has 3 heterocycles. The molecule has 0 atom stereocenters. The van der Waals surface area contributed by atoms with Gasteiger partial charge >= 0.3 is 0 Å². The summed E-state index contributed by atoms with van der Waals surface area (Å²) in [5, 5.41) is 1.53. The van der Waals surface area contributed by atoms with Gasteiger partial charge in [-0.25, -0.2) is 4.98 Å². The van der Waals surface area contributed by atoms with Gasteiger partial charge in [-0.2, -0.15) is 15.0 Å². The summed E-state index contributed by atoms with van der Waals surface area (Å²) in [4.78, 5) is 32.5. The van der Waals surface area contributed by atoms with Crippen LogP contribution in [0, 0.1) is 0 Å². The molecular formula is C19H25N7OS2. The lowest BCUT2D eigenvalue weighted by atomic mass is 10.2. The first-order valence-electron chi connectivity index (χ1n) is 10.0. The van der Waals surface area contributed by atoms with Crippen molar-refractivity contribution in [3.63, 3.8) is 0 Å². The molecule has 0 fully saturated rings. The Morgan fingerprint density at radius 1 is 1.07 bits per heavy atom. The van der Waals surface area contributed by atoms with Crippen LogP contribution in [-0.4, -0.2) is 24.5 Å². The number of rotatable bonds is 8. The molecule has 0 saturated heterocycles. The standard InChI is InChI=1S/C19H25N7OS2/c1-2-3-4-5-9-26-16(27)14-11-7-6-8-12(11)29-15(14)24-19(26)28-10-13-22-17(20)25-18(21)23-13/h2-10H2,1H3,(H4,20,21,22,23,25). The summed E-state index contributed by atoms with van der Waals surface area (Å²) >= 11 is 3.11. The fraction of sp³-hybridized carbons (Fsp3) is 0.526. The number of thioether (sulfide) groups is 1. The second-order valence-electron chi connectivity index (χ2n) is 7.21. The van der Waals surface area contributed by atoms with Crippen LogP contribution in [0.1, 0.15) is 55.3 Å². The van der Waals surface area contributed by atoms with E-state index in [1.165, 1.54) is 28.6 Å². The molecule has 0 spiro atoms. The number of anilines is 2. The Hall–Kier alpha value is -2.20. The minimum Gasteiger partial charge on any atom is -0.368 e. The van der Waals surface area contributed by atoms with Gasteiger partial charge in [-0.05, 0) is 31.2 Å². The van der Waals surface area contributed by atoms with E-state index < -0.39 is 0 Å². The van der Waals surface area contributed by atoms with Crippen molar-refractivity contribution in [1.29, 1.82) is 0 Å². The third-order valence-corrected chi connectivity index (χ3v) is 7.23. The highest BCUT2D eigenvalue weighted by atomic mass is 32.2. The summed E-state index contributed by atoms with van der Waals surface area (Å²) in [5.74, 6) is 1.11. The average Bonchev–Trinajstić information content (AvgIpc) is 3.25. The van der Waals surface area contributed by atoms with Gasteiger partial charge in [0.2, 0.25) is 11.9 Å². The van der Waals surface area contributed by atoms with Crippen molar-refractivity contribution in [2.45, 2.75) is 69.3 Å². The SMILES string of the molecule is CCCCCCn1c(SCc2nc(N)nc(N)n2)nc2sc3c(c2c1=O)CCC3. The van der Waals surface area contributed by atoms with Gasteiger partial charge in [-0.3, -0.25) is 9.36 Å². The zero-order valence-corrected chi connectivity index (χ0v) is 18.1. The van der Waals surface area contributed by atoms with Crippen LogP contribution in [0.25, 0.3) is 10.2 Å². The van der Waals surface area contributed by atoms with Gasteiger partial charge in [0.1, 0.15) is 10.7 Å². The van der Waals surface area contributed by atoms with Crippen LogP contribution < -0.4 is 17.0 Å². The zero-order chi connectivity index (χ0) is 20.4. The van der Waals surface area contributed by atoms with E-state index in [0.29, 0.717) is 23.3 Å². The number of hydrogen-bond donors (Lipinski definition) is 2. The molecule has 4 rings (SSSR count). The third-order valence-electron chi connectivity index (χ3n) is 5.07. The van der Waals surface area contributed by atoms with E-state index in [9.17, 15) is 4.79 Å². The first kappa shape index (κ1) is 20.1. The normalized spacial score (nSPS) is 13.3. The molecule has 4 N–H and O–H groups in total. The monoisotopic (exact) mass is 431 g/mol. The number of unbranched alkanes of at least 4 members (excludes halogenated alkanes) is 3. The number of aryl methyl sites for hydroxylation is 2. The summed E-state index contributed by atoms with van der Waals surface area (Å²) in [6.07, 6.45) is 7.57. The molecule has 0 bridgehead atoms. The second-order valence-corrected chi connectivity index (χ2v) is 9.23. The first-order valence-corrected chi connectivity index (χ1v) is 11.8. The summed E-state index contributed by atoms with van der Waals surface area (Å²) in [5.41, 5.74) is 12.7. The molecule has 0 aromatic carbocycles. The molecule has 154 valence electrons. The summed E-state index contributed by atoms with van der Waals surface area (Å²) < 4.78 is 1.84. The molecule has 0 unspecified atom stereocenters. The Labute approximate surface area is 177 Å². The fourth-order valence-corrected chi connectivity index (χ4v) is 5.90. The van der Waals surface area contributed by atoms with Crippen LogP contribution in [0.5, 0.6) is 0 Å². The number of fused-ring (bicyclic) bond motifs is 3. The van der Waals surface area contributed by atoms with E-state index in [4.69, 9.17) is 16.5 Å². The Morgan fingerprint density at radius 2 is 1.86 bits per heavy atom. The van der Waals surface area contributed by atoms with Gasteiger partial charge in [0.25, 0.3) is 5.56 Å². The fourth-order valence-electron chi connectivity index (χ4n) is 3.71. The van der Waals surface area contributed by atoms with Crippen molar-refractivity contribution >= 4 is 45.2 Å². The van der Waals surface area contributed by atoms with E-state index in [1.54, 1.807) is 11.3 Å². The van der Waals surface area contributed by atoms with Gasteiger partial charge in [-0.15, -0.1) is 11.3 Å². The lowest BCUT2D eigenvalue weighted by Gasteiger charge is -2.12. The third kappa shape index (κ3) is 4.23. The molecule has 1 aliphatic rings. The van der Waals surface area contributed by atoms with E-state index in [1.807, 2.05) is 4.57 Å². The maximum atomic E-state index is 13.4. The quantitative estimate of drug-likeness (QED) is 0.316. The van der Waals surface area contributed by atoms with Crippen LogP contribution in [0.2, 0.25) is 0 Å². The van der Waals surface area contributed by atoms with Crippen molar-refractivity contribution in [2.75, 3.05) is 11.5 Å². The molecule has 0 aliphatic heterocycles. The van der Waals surface area contributed by atoms with Crippen molar-refractivity contribution < 1.29 is 0 Å². The van der Waals surface area contributed by atoms with Crippen LogP contribution in [-0.2, 0) is 25.1 Å². The van der Waals surface area contributed by atoms with Crippen molar-refractivity contribution in [3.05, 3.63) is 26.6 Å². The van der Waals surface area contributed by atoms with Crippen LogP contribution >= 0.6 is 23.1 Å². The molecule has 0 radical (unpaired) electrons. The zero-order valence-electron chi connectivity index (χ0n) is 16.5. The molecule has 29 heavy (non-hydrogen) atoms. The maximum Gasteiger partial charge on any atom is 0.263 e. The molecule has 3 aromatic heterocycles. The summed E-state index contributed by atoms with van der Waals surface area (Å²) in [6.45, 7) is 2.86. The van der Waals surface area contributed by atoms with Crippen molar-refractivity contribution in [2.24, 2.45) is 0 Å². The van der Waals surface area contributed by atoms with E-state index >= 15 is 0 Å². The van der Waals surface area contributed by atoms with Crippen molar-refractivity contribution in [3.8, 4) is 0 Å². The van der Waals surface area contributed by atoms with Crippen LogP contribution in [0.3, 0.4) is 0 Å². The topological polar surface area (TPSA) is 126 Å². The predicted octanol–water partition coefficient (Wildman–Crippen LogP) is 3.17. The van der Waals surface area contributed by atoms with Gasteiger partial charge in [0, 0.05) is 11.4 Å². The van der Waals surface area contributed by atoms with Gasteiger partial charge < -0.3 is 11.5 Å². The lowest BCUT2D eigenvalue weighted by Crippen LogP contribution is -2.23. The molecule has 10 heteroatoms. The number of thiophene rings is 1. The Kier molecular flexibility index (Phi) is 6.00. The van der Waals surface area contributed by atoms with E-state index in [0.717, 1.165) is 48.7 Å². The van der Waals surface area contributed by atoms with E-state index in [2.05, 4.69) is 21.9 Å². The second kappa shape index (κ2) is 8.66. The van der Waals surface area contributed by atoms with Crippen LogP contribution in [0.4, 0.5) is 11.9 Å². The number of aromatic nitrogens is 5. The molecular weight excluding hydrogens is 406 g/mol. The first-order chi connectivity index (χ1) is 14.1. The highest BCUT2D eigenvalue weighted by Crippen LogP contribution is 2.35. The lowest BCUT2D eigenvalue weighted by molar-refractivity contribution is 0.531. The molecule has 3 aromatic rings. The highest BCUT2D eigenvalue weighted by molar-refractivity contribution is 7.98. The Balaban J connectivity index is 1.67. The van der Waals surface area contributed by atoms with Gasteiger partial charge in [-0.1, -0.05) is 37.9 Å². The largest absolute Gasteiger partial charge is 0.368 e. The Morgan fingerprint density at radius 3 is 2.62 bits per heavy atom. The molecule has 0 saturated carbocycles. The Bertz CT molecular complexity index is 1070.